The molecule has 0 heterocycles. The van der Waals surface area contributed by atoms with Crippen molar-refractivity contribution < 1.29 is 18.7 Å². The van der Waals surface area contributed by atoms with Crippen molar-refractivity contribution in [2.45, 2.75) is 38.8 Å². The van der Waals surface area contributed by atoms with Gasteiger partial charge in [0, 0.05) is 13.5 Å². The molecule has 1 aromatic rings. The van der Waals surface area contributed by atoms with E-state index in [1.807, 2.05) is 0 Å². The summed E-state index contributed by atoms with van der Waals surface area (Å²) < 4.78 is 18.5. The van der Waals surface area contributed by atoms with E-state index in [1.165, 1.54) is 24.1 Å². The number of amides is 1. The number of ether oxygens (including phenoxy) is 1. The van der Waals surface area contributed by atoms with E-state index in [-0.39, 0.29) is 6.42 Å². The number of halogens is 1. The molecule has 5 heteroatoms. The van der Waals surface area contributed by atoms with Gasteiger partial charge in [-0.1, -0.05) is 12.1 Å². The van der Waals surface area contributed by atoms with Crippen molar-refractivity contribution in [3.8, 4) is 0 Å². The third-order valence-corrected chi connectivity index (χ3v) is 2.70. The predicted molar refractivity (Wildman–Crippen MR) is 73.8 cm³/mol. The maximum atomic E-state index is 13.3. The molecule has 110 valence electrons. The van der Waals surface area contributed by atoms with Crippen molar-refractivity contribution in [1.29, 1.82) is 0 Å². The molecule has 0 aromatic heterocycles. The van der Waals surface area contributed by atoms with Gasteiger partial charge in [-0.15, -0.1) is 0 Å². The van der Waals surface area contributed by atoms with Crippen molar-refractivity contribution in [1.82, 2.24) is 4.90 Å². The maximum Gasteiger partial charge on any atom is 0.410 e. The van der Waals surface area contributed by atoms with Gasteiger partial charge in [-0.3, -0.25) is 0 Å². The normalized spacial score (nSPS) is 12.7. The third-order valence-electron chi connectivity index (χ3n) is 2.70. The molecule has 1 atom stereocenters. The first kappa shape index (κ1) is 16.1. The van der Waals surface area contributed by atoms with E-state index in [2.05, 4.69) is 0 Å². The van der Waals surface area contributed by atoms with Crippen LogP contribution in [0.2, 0.25) is 0 Å². The molecule has 20 heavy (non-hydrogen) atoms. The van der Waals surface area contributed by atoms with Crippen LogP contribution in [-0.2, 0) is 9.53 Å². The average Bonchev–Trinajstić information content (AvgIpc) is 2.33. The zero-order valence-electron chi connectivity index (χ0n) is 12.2. The Morgan fingerprint density at radius 3 is 2.60 bits per heavy atom. The van der Waals surface area contributed by atoms with E-state index in [1.54, 1.807) is 32.9 Å². The first-order chi connectivity index (χ1) is 9.24. The number of hydrogen-bond acceptors (Lipinski definition) is 3. The molecular weight excluding hydrogens is 261 g/mol. The predicted octanol–water partition coefficient (Wildman–Crippen LogP) is 3.32. The summed E-state index contributed by atoms with van der Waals surface area (Å²) in [6.45, 7) is 5.28. The minimum atomic E-state index is -0.626. The Kier molecular flexibility index (Phi) is 5.25. The molecule has 0 spiro atoms. The number of nitrogens with zero attached hydrogens (tertiary/aromatic N) is 1. The third kappa shape index (κ3) is 4.64. The van der Waals surface area contributed by atoms with Gasteiger partial charge >= 0.3 is 6.09 Å². The molecule has 1 rings (SSSR count). The zero-order valence-corrected chi connectivity index (χ0v) is 12.2. The highest BCUT2D eigenvalue weighted by Gasteiger charge is 2.26. The first-order valence-electron chi connectivity index (χ1n) is 6.39. The molecule has 4 nitrogen and oxygen atoms in total. The summed E-state index contributed by atoms with van der Waals surface area (Å²) in [6.07, 6.45) is 0.240. The molecule has 0 aliphatic carbocycles. The Labute approximate surface area is 118 Å². The van der Waals surface area contributed by atoms with Crippen LogP contribution in [0, 0.1) is 5.82 Å². The molecule has 1 unspecified atom stereocenters. The van der Waals surface area contributed by atoms with Crippen LogP contribution in [0.4, 0.5) is 9.18 Å². The van der Waals surface area contributed by atoms with Crippen LogP contribution >= 0.6 is 0 Å². The summed E-state index contributed by atoms with van der Waals surface area (Å²) >= 11 is 0. The molecule has 0 radical (unpaired) electrons. The smallest absolute Gasteiger partial charge is 0.410 e. The Morgan fingerprint density at radius 1 is 1.45 bits per heavy atom. The van der Waals surface area contributed by atoms with Crippen molar-refractivity contribution in [2.24, 2.45) is 0 Å². The summed E-state index contributed by atoms with van der Waals surface area (Å²) in [5.41, 5.74) is -0.0654. The SMILES string of the molecule is CN(C(=O)OC(C)(C)C)C(CC=O)c1cccc(F)c1. The van der Waals surface area contributed by atoms with Crippen LogP contribution in [0.15, 0.2) is 24.3 Å². The van der Waals surface area contributed by atoms with E-state index in [0.29, 0.717) is 11.8 Å². The topological polar surface area (TPSA) is 46.6 Å². The van der Waals surface area contributed by atoms with Gasteiger partial charge < -0.3 is 14.4 Å². The van der Waals surface area contributed by atoms with Crippen LogP contribution in [-0.4, -0.2) is 29.9 Å². The van der Waals surface area contributed by atoms with Crippen LogP contribution in [0.1, 0.15) is 38.8 Å². The zero-order chi connectivity index (χ0) is 15.3. The van der Waals surface area contributed by atoms with Crippen molar-refractivity contribution in [2.75, 3.05) is 7.05 Å². The highest BCUT2D eigenvalue weighted by molar-refractivity contribution is 5.69. The van der Waals surface area contributed by atoms with Gasteiger partial charge in [0.15, 0.2) is 0 Å². The Bertz CT molecular complexity index is 482. The van der Waals surface area contributed by atoms with Crippen LogP contribution in [0.3, 0.4) is 0 Å². The summed E-state index contributed by atoms with van der Waals surface area (Å²) in [7, 11) is 1.53. The van der Waals surface area contributed by atoms with Gasteiger partial charge in [-0.05, 0) is 38.5 Å². The van der Waals surface area contributed by atoms with Crippen LogP contribution < -0.4 is 0 Å². The number of carbonyl (C=O) groups is 2. The van der Waals surface area contributed by atoms with Gasteiger partial charge in [0.25, 0.3) is 0 Å². The Morgan fingerprint density at radius 2 is 2.10 bits per heavy atom. The number of aldehydes is 1. The van der Waals surface area contributed by atoms with Crippen LogP contribution in [0.25, 0.3) is 0 Å². The number of rotatable bonds is 4. The largest absolute Gasteiger partial charge is 0.444 e. The lowest BCUT2D eigenvalue weighted by Crippen LogP contribution is -2.36. The van der Waals surface area contributed by atoms with Gasteiger partial charge in [-0.25, -0.2) is 9.18 Å². The molecule has 0 saturated carbocycles. The summed E-state index contributed by atoms with van der Waals surface area (Å²) in [5.74, 6) is -0.406. The quantitative estimate of drug-likeness (QED) is 0.795. The minimum absolute atomic E-state index is 0.0825. The first-order valence-corrected chi connectivity index (χ1v) is 6.39. The van der Waals surface area contributed by atoms with Gasteiger partial charge in [0.1, 0.15) is 17.7 Å². The summed E-state index contributed by atoms with van der Waals surface area (Å²) in [6, 6.07) is 5.31. The van der Waals surface area contributed by atoms with E-state index in [9.17, 15) is 14.0 Å². The Hall–Kier alpha value is -1.91. The lowest BCUT2D eigenvalue weighted by atomic mass is 10.0. The number of benzene rings is 1. The van der Waals surface area contributed by atoms with Gasteiger partial charge in [0.2, 0.25) is 0 Å². The second-order valence-corrected chi connectivity index (χ2v) is 5.56. The monoisotopic (exact) mass is 281 g/mol. The molecule has 1 aromatic carbocycles. The van der Waals surface area contributed by atoms with Gasteiger partial charge in [-0.2, -0.15) is 0 Å². The van der Waals surface area contributed by atoms with E-state index in [4.69, 9.17) is 4.74 Å². The summed E-state index contributed by atoms with van der Waals surface area (Å²) in [4.78, 5) is 24.2. The standard InChI is InChI=1S/C15H20FNO3/c1-15(2,3)20-14(19)17(4)13(8-9-18)11-6-5-7-12(16)10-11/h5-7,9-10,13H,8H2,1-4H3. The van der Waals surface area contributed by atoms with Crippen molar-refractivity contribution >= 4 is 12.4 Å². The highest BCUT2D eigenvalue weighted by atomic mass is 19.1. The lowest BCUT2D eigenvalue weighted by Gasteiger charge is -2.30. The maximum absolute atomic E-state index is 13.3. The minimum Gasteiger partial charge on any atom is -0.444 e. The molecule has 0 bridgehead atoms. The van der Waals surface area contributed by atoms with Crippen molar-refractivity contribution in [3.63, 3.8) is 0 Å². The van der Waals surface area contributed by atoms with Gasteiger partial charge in [0.05, 0.1) is 6.04 Å². The second kappa shape index (κ2) is 6.50. The molecule has 0 N–H and O–H groups in total. The Balaban J connectivity index is 2.96. The average molecular weight is 281 g/mol. The molecule has 0 fully saturated rings. The highest BCUT2D eigenvalue weighted by Crippen LogP contribution is 2.24. The van der Waals surface area contributed by atoms with E-state index in [0.717, 1.165) is 0 Å². The lowest BCUT2D eigenvalue weighted by molar-refractivity contribution is -0.108. The molecule has 1 amide bonds. The molecule has 0 aliphatic heterocycles. The molecule has 0 saturated heterocycles. The van der Waals surface area contributed by atoms with E-state index < -0.39 is 23.6 Å². The number of carbonyl (C=O) groups excluding carboxylic acids is 2. The van der Waals surface area contributed by atoms with E-state index >= 15 is 0 Å². The summed E-state index contributed by atoms with van der Waals surface area (Å²) in [5, 5.41) is 0. The number of hydrogen-bond donors (Lipinski definition) is 0. The second-order valence-electron chi connectivity index (χ2n) is 5.56. The fraction of sp³-hybridized carbons (Fsp3) is 0.467. The van der Waals surface area contributed by atoms with Crippen molar-refractivity contribution in [3.05, 3.63) is 35.6 Å². The molecular formula is C15H20FNO3. The fourth-order valence-corrected chi connectivity index (χ4v) is 1.78. The molecule has 0 aliphatic rings. The van der Waals surface area contributed by atoms with Crippen LogP contribution in [0.5, 0.6) is 0 Å². The fourth-order valence-electron chi connectivity index (χ4n) is 1.78.